The average Bonchev–Trinajstić information content (AvgIpc) is 2.53. The van der Waals surface area contributed by atoms with E-state index in [-0.39, 0.29) is 11.3 Å². The van der Waals surface area contributed by atoms with Crippen molar-refractivity contribution >= 4 is 17.4 Å². The lowest BCUT2D eigenvalue weighted by Crippen LogP contribution is -2.02. The van der Waals surface area contributed by atoms with Gasteiger partial charge in [0.25, 0.3) is 0 Å². The molecule has 0 bridgehead atoms. The molecule has 0 amide bonds. The van der Waals surface area contributed by atoms with Crippen molar-refractivity contribution in [2.45, 2.75) is 6.92 Å². The zero-order chi connectivity index (χ0) is 16.1. The molecule has 114 valence electrons. The normalized spacial score (nSPS) is 11.1. The number of nitrogens with zero attached hydrogens (tertiary/aromatic N) is 1. The Balaban J connectivity index is 2.23. The summed E-state index contributed by atoms with van der Waals surface area (Å²) in [5.74, 6) is -0.312. The van der Waals surface area contributed by atoms with Crippen LogP contribution in [0.1, 0.15) is 22.8 Å². The van der Waals surface area contributed by atoms with E-state index in [1.807, 2.05) is 0 Å². The van der Waals surface area contributed by atoms with Crippen LogP contribution in [-0.4, -0.2) is 29.0 Å². The summed E-state index contributed by atoms with van der Waals surface area (Å²) in [6, 6.07) is 11.1. The number of phenolic OH excluding ortho intramolecular Hbond substituents is 1. The Kier molecular flexibility index (Phi) is 4.63. The van der Waals surface area contributed by atoms with Gasteiger partial charge in [-0.1, -0.05) is 6.07 Å². The number of carbonyl (C=O) groups is 1. The Morgan fingerprint density at radius 2 is 2.00 bits per heavy atom. The van der Waals surface area contributed by atoms with E-state index in [0.29, 0.717) is 22.7 Å². The van der Waals surface area contributed by atoms with Crippen molar-refractivity contribution in [3.63, 3.8) is 0 Å². The van der Waals surface area contributed by atoms with Gasteiger partial charge in [-0.25, -0.2) is 4.79 Å². The molecule has 0 heterocycles. The lowest BCUT2D eigenvalue weighted by atomic mass is 10.1. The fraction of sp³-hybridized carbons (Fsp3) is 0.125. The van der Waals surface area contributed by atoms with Gasteiger partial charge in [0.05, 0.1) is 24.1 Å². The number of nitrogens with one attached hydrogen (secondary N) is 1. The van der Waals surface area contributed by atoms with Gasteiger partial charge in [-0.15, -0.1) is 0 Å². The summed E-state index contributed by atoms with van der Waals surface area (Å²) >= 11 is 0. The van der Waals surface area contributed by atoms with Gasteiger partial charge in [-0.2, -0.15) is 5.10 Å². The zero-order valence-electron chi connectivity index (χ0n) is 12.2. The summed E-state index contributed by atoms with van der Waals surface area (Å²) in [4.78, 5) is 10.9. The number of hydrazone groups is 1. The Morgan fingerprint density at radius 1 is 1.23 bits per heavy atom. The molecule has 0 aliphatic rings. The Morgan fingerprint density at radius 3 is 2.68 bits per heavy atom. The number of benzene rings is 2. The number of phenols is 1. The van der Waals surface area contributed by atoms with Crippen LogP contribution in [0, 0.1) is 0 Å². The Hall–Kier alpha value is -3.02. The van der Waals surface area contributed by atoms with Gasteiger partial charge >= 0.3 is 5.97 Å². The number of hydrogen-bond acceptors (Lipinski definition) is 5. The molecular weight excluding hydrogens is 284 g/mol. The molecule has 3 N–H and O–H groups in total. The fourth-order valence-electron chi connectivity index (χ4n) is 1.86. The lowest BCUT2D eigenvalue weighted by Gasteiger charge is -2.08. The van der Waals surface area contributed by atoms with Gasteiger partial charge in [0.1, 0.15) is 11.5 Å². The van der Waals surface area contributed by atoms with Crippen LogP contribution in [-0.2, 0) is 0 Å². The van der Waals surface area contributed by atoms with E-state index >= 15 is 0 Å². The van der Waals surface area contributed by atoms with Crippen LogP contribution in [0.4, 0.5) is 5.69 Å². The highest BCUT2D eigenvalue weighted by molar-refractivity contribution is 6.01. The highest BCUT2D eigenvalue weighted by Crippen LogP contribution is 2.23. The topological polar surface area (TPSA) is 91.2 Å². The third-order valence-electron chi connectivity index (χ3n) is 3.06. The Bertz CT molecular complexity index is 726. The van der Waals surface area contributed by atoms with Crippen LogP contribution in [0.3, 0.4) is 0 Å². The number of methoxy groups -OCH3 is 1. The third-order valence-corrected chi connectivity index (χ3v) is 3.06. The van der Waals surface area contributed by atoms with E-state index in [1.165, 1.54) is 25.3 Å². The van der Waals surface area contributed by atoms with Crippen molar-refractivity contribution in [3.8, 4) is 11.5 Å². The number of anilines is 1. The minimum atomic E-state index is -1.00. The molecule has 0 unspecified atom stereocenters. The second kappa shape index (κ2) is 6.62. The van der Waals surface area contributed by atoms with E-state index in [4.69, 9.17) is 9.84 Å². The van der Waals surface area contributed by atoms with Gasteiger partial charge in [0, 0.05) is 5.56 Å². The highest BCUT2D eigenvalue weighted by atomic mass is 16.5. The van der Waals surface area contributed by atoms with Crippen molar-refractivity contribution < 1.29 is 19.7 Å². The highest BCUT2D eigenvalue weighted by Gasteiger charge is 2.07. The third kappa shape index (κ3) is 3.54. The summed E-state index contributed by atoms with van der Waals surface area (Å²) < 4.78 is 5.11. The van der Waals surface area contributed by atoms with Gasteiger partial charge < -0.3 is 14.9 Å². The first kappa shape index (κ1) is 15.4. The predicted molar refractivity (Wildman–Crippen MR) is 83.9 cm³/mol. The van der Waals surface area contributed by atoms with Crippen LogP contribution in [0.15, 0.2) is 47.6 Å². The number of rotatable bonds is 5. The molecule has 2 aromatic carbocycles. The molecule has 0 atom stereocenters. The number of carboxylic acid groups (broad SMARTS) is 1. The summed E-state index contributed by atoms with van der Waals surface area (Å²) in [7, 11) is 1.54. The molecule has 2 aromatic rings. The van der Waals surface area contributed by atoms with Crippen LogP contribution in [0.2, 0.25) is 0 Å². The van der Waals surface area contributed by atoms with E-state index in [0.717, 1.165) is 0 Å². The molecule has 6 nitrogen and oxygen atoms in total. The first-order valence-electron chi connectivity index (χ1n) is 6.52. The number of aromatic carboxylic acids is 1. The van der Waals surface area contributed by atoms with Gasteiger partial charge in [0.15, 0.2) is 0 Å². The Labute approximate surface area is 127 Å². The zero-order valence-corrected chi connectivity index (χ0v) is 12.2. The van der Waals surface area contributed by atoms with E-state index in [9.17, 15) is 9.90 Å². The van der Waals surface area contributed by atoms with Crippen molar-refractivity contribution in [1.82, 2.24) is 0 Å². The molecule has 22 heavy (non-hydrogen) atoms. The monoisotopic (exact) mass is 300 g/mol. The molecule has 0 aliphatic heterocycles. The van der Waals surface area contributed by atoms with E-state index < -0.39 is 5.97 Å². The first-order valence-corrected chi connectivity index (χ1v) is 6.52. The largest absolute Gasteiger partial charge is 0.507 e. The molecule has 0 fully saturated rings. The first-order chi connectivity index (χ1) is 10.5. The van der Waals surface area contributed by atoms with E-state index in [1.54, 1.807) is 31.2 Å². The molecule has 0 saturated heterocycles. The van der Waals surface area contributed by atoms with Gasteiger partial charge in [-0.05, 0) is 43.3 Å². The van der Waals surface area contributed by atoms with Crippen LogP contribution in [0.5, 0.6) is 11.5 Å². The maximum absolute atomic E-state index is 10.9. The van der Waals surface area contributed by atoms with E-state index in [2.05, 4.69) is 10.5 Å². The van der Waals surface area contributed by atoms with Crippen LogP contribution in [0.25, 0.3) is 0 Å². The number of hydrogen-bond donors (Lipinski definition) is 3. The smallest absolute Gasteiger partial charge is 0.335 e. The molecule has 0 aromatic heterocycles. The summed E-state index contributed by atoms with van der Waals surface area (Å²) in [6.07, 6.45) is 0. The molecule has 0 radical (unpaired) electrons. The summed E-state index contributed by atoms with van der Waals surface area (Å²) in [6.45, 7) is 1.72. The van der Waals surface area contributed by atoms with Crippen molar-refractivity contribution in [3.05, 3.63) is 53.6 Å². The van der Waals surface area contributed by atoms with Crippen molar-refractivity contribution in [2.24, 2.45) is 5.10 Å². The second-order valence-electron chi connectivity index (χ2n) is 4.58. The number of carboxylic acids is 1. The molecule has 0 spiro atoms. The minimum Gasteiger partial charge on any atom is -0.507 e. The van der Waals surface area contributed by atoms with Crippen LogP contribution < -0.4 is 10.2 Å². The number of ether oxygens (including phenoxy) is 1. The minimum absolute atomic E-state index is 0.0862. The van der Waals surface area contributed by atoms with Crippen LogP contribution >= 0.6 is 0 Å². The summed E-state index contributed by atoms with van der Waals surface area (Å²) in [5, 5.41) is 23.0. The van der Waals surface area contributed by atoms with Crippen molar-refractivity contribution in [2.75, 3.05) is 12.5 Å². The van der Waals surface area contributed by atoms with Gasteiger partial charge in [0.2, 0.25) is 0 Å². The molecule has 0 aliphatic carbocycles. The maximum atomic E-state index is 10.9. The molecule has 0 saturated carbocycles. The fourth-order valence-corrected chi connectivity index (χ4v) is 1.86. The summed E-state index contributed by atoms with van der Waals surface area (Å²) in [5.41, 5.74) is 4.56. The maximum Gasteiger partial charge on any atom is 0.335 e. The van der Waals surface area contributed by atoms with Crippen molar-refractivity contribution in [1.29, 1.82) is 0 Å². The second-order valence-corrected chi connectivity index (χ2v) is 4.58. The predicted octanol–water partition coefficient (Wildman–Crippen LogP) is 2.94. The quantitative estimate of drug-likeness (QED) is 0.583. The molecule has 2 rings (SSSR count). The SMILES string of the molecule is COc1ccc(O)c(/C(C)=N\Nc2cccc(C(=O)O)c2)c1. The van der Waals surface area contributed by atoms with Gasteiger partial charge in [-0.3, -0.25) is 5.43 Å². The number of aromatic hydroxyl groups is 1. The average molecular weight is 300 g/mol. The molecule has 6 heteroatoms. The lowest BCUT2D eigenvalue weighted by molar-refractivity contribution is 0.0697. The standard InChI is InChI=1S/C16H16N2O4/c1-10(14-9-13(22-2)6-7-15(14)19)17-18-12-5-3-4-11(8-12)16(20)21/h3-9,18-19H,1-2H3,(H,20,21)/b17-10-. The molecular formula is C16H16N2O4.